The molecule has 1 saturated carbocycles. The van der Waals surface area contributed by atoms with Gasteiger partial charge in [0.05, 0.1) is 18.2 Å². The first-order chi connectivity index (χ1) is 10.7. The lowest BCUT2D eigenvalue weighted by molar-refractivity contribution is 0.0927. The van der Waals surface area contributed by atoms with Crippen LogP contribution in [0.2, 0.25) is 0 Å². The third-order valence-corrected chi connectivity index (χ3v) is 4.25. The smallest absolute Gasteiger partial charge is 0.252 e. The Morgan fingerprint density at radius 3 is 2.73 bits per heavy atom. The van der Waals surface area contributed by atoms with Crippen molar-refractivity contribution in [2.45, 2.75) is 37.8 Å². The van der Waals surface area contributed by atoms with Crippen LogP contribution in [0.3, 0.4) is 0 Å². The van der Waals surface area contributed by atoms with Gasteiger partial charge in [0.25, 0.3) is 5.91 Å². The summed E-state index contributed by atoms with van der Waals surface area (Å²) in [6.45, 7) is 0. The minimum atomic E-state index is -0.0719. The summed E-state index contributed by atoms with van der Waals surface area (Å²) in [5.74, 6) is 0.381. The molecule has 1 fully saturated rings. The maximum absolute atomic E-state index is 12.7. The van der Waals surface area contributed by atoms with Crippen LogP contribution in [-0.4, -0.2) is 30.1 Å². The third-order valence-electron chi connectivity index (χ3n) is 4.25. The van der Waals surface area contributed by atoms with E-state index in [0.29, 0.717) is 11.4 Å². The van der Waals surface area contributed by atoms with E-state index in [0.717, 1.165) is 36.6 Å². The molecular weight excluding hydrogens is 278 g/mol. The molecule has 0 saturated heterocycles. The first-order valence-corrected chi connectivity index (χ1v) is 7.67. The van der Waals surface area contributed by atoms with Gasteiger partial charge >= 0.3 is 0 Å². The fourth-order valence-electron chi connectivity index (χ4n) is 2.97. The zero-order valence-corrected chi connectivity index (χ0v) is 12.7. The van der Waals surface area contributed by atoms with E-state index in [1.807, 2.05) is 24.3 Å². The van der Waals surface area contributed by atoms with Crippen LogP contribution in [0.4, 0.5) is 0 Å². The average Bonchev–Trinajstić information content (AvgIpc) is 2.55. The number of rotatable bonds is 3. The van der Waals surface area contributed by atoms with Crippen LogP contribution >= 0.6 is 0 Å². The molecule has 2 aromatic rings. The van der Waals surface area contributed by atoms with Crippen molar-refractivity contribution in [2.24, 2.45) is 5.73 Å². The molecule has 0 atom stereocenters. The lowest BCUT2D eigenvalue weighted by Gasteiger charge is -2.27. The Morgan fingerprint density at radius 1 is 1.27 bits per heavy atom. The molecule has 116 valence electrons. The molecule has 0 radical (unpaired) electrons. The zero-order valence-electron chi connectivity index (χ0n) is 12.7. The highest BCUT2D eigenvalue weighted by Gasteiger charge is 2.22. The largest absolute Gasteiger partial charge is 0.481 e. The molecule has 1 aromatic carbocycles. The molecule has 1 aliphatic rings. The summed E-state index contributed by atoms with van der Waals surface area (Å²) in [5.41, 5.74) is 7.28. The second-order valence-electron chi connectivity index (χ2n) is 5.81. The summed E-state index contributed by atoms with van der Waals surface area (Å²) in [6, 6.07) is 9.78. The van der Waals surface area contributed by atoms with Crippen molar-refractivity contribution in [3.8, 4) is 5.88 Å². The summed E-state index contributed by atoms with van der Waals surface area (Å²) >= 11 is 0. The molecule has 1 heterocycles. The van der Waals surface area contributed by atoms with Gasteiger partial charge in [0.2, 0.25) is 5.88 Å². The Bertz CT molecular complexity index is 679. The predicted octanol–water partition coefficient (Wildman–Crippen LogP) is 2.24. The van der Waals surface area contributed by atoms with Gasteiger partial charge in [-0.15, -0.1) is 0 Å². The van der Waals surface area contributed by atoms with Crippen molar-refractivity contribution in [3.63, 3.8) is 0 Å². The lowest BCUT2D eigenvalue weighted by atomic mass is 9.91. The SMILES string of the molecule is COc1cc(C(=O)N[C@H]2CC[C@H](N)CC2)c2ccccc2n1. The molecule has 22 heavy (non-hydrogen) atoms. The van der Waals surface area contributed by atoms with Gasteiger partial charge in [0, 0.05) is 23.5 Å². The number of carbonyl (C=O) groups excluding carboxylic acids is 1. The number of fused-ring (bicyclic) bond motifs is 1. The van der Waals surface area contributed by atoms with Crippen molar-refractivity contribution in [3.05, 3.63) is 35.9 Å². The number of para-hydroxylation sites is 1. The number of nitrogens with one attached hydrogen (secondary N) is 1. The number of nitrogens with zero attached hydrogens (tertiary/aromatic N) is 1. The first-order valence-electron chi connectivity index (χ1n) is 7.67. The summed E-state index contributed by atoms with van der Waals surface area (Å²) in [4.78, 5) is 17.0. The van der Waals surface area contributed by atoms with Gasteiger partial charge < -0.3 is 15.8 Å². The predicted molar refractivity (Wildman–Crippen MR) is 86.0 cm³/mol. The van der Waals surface area contributed by atoms with Gasteiger partial charge in [-0.05, 0) is 31.7 Å². The molecule has 0 unspecified atom stereocenters. The average molecular weight is 299 g/mol. The Kier molecular flexibility index (Phi) is 4.24. The number of aromatic nitrogens is 1. The van der Waals surface area contributed by atoms with E-state index in [4.69, 9.17) is 10.5 Å². The van der Waals surface area contributed by atoms with E-state index in [1.165, 1.54) is 0 Å². The van der Waals surface area contributed by atoms with Crippen molar-refractivity contribution >= 4 is 16.8 Å². The number of benzene rings is 1. The summed E-state index contributed by atoms with van der Waals surface area (Å²) in [5, 5.41) is 3.96. The van der Waals surface area contributed by atoms with Crippen LogP contribution in [0, 0.1) is 0 Å². The molecule has 1 aliphatic carbocycles. The molecule has 5 nitrogen and oxygen atoms in total. The van der Waals surface area contributed by atoms with Crippen LogP contribution in [0.5, 0.6) is 5.88 Å². The number of hydrogen-bond donors (Lipinski definition) is 2. The number of methoxy groups -OCH3 is 1. The molecule has 0 aliphatic heterocycles. The van der Waals surface area contributed by atoms with Gasteiger partial charge in [-0.3, -0.25) is 4.79 Å². The number of nitrogens with two attached hydrogens (primary N) is 1. The Morgan fingerprint density at radius 2 is 2.00 bits per heavy atom. The number of pyridine rings is 1. The molecule has 5 heteroatoms. The molecule has 1 aromatic heterocycles. The second-order valence-corrected chi connectivity index (χ2v) is 5.81. The van der Waals surface area contributed by atoms with Crippen molar-refractivity contribution in [1.82, 2.24) is 10.3 Å². The number of carbonyl (C=O) groups is 1. The zero-order chi connectivity index (χ0) is 15.5. The number of ether oxygens (including phenoxy) is 1. The van der Waals surface area contributed by atoms with Crippen molar-refractivity contribution in [2.75, 3.05) is 7.11 Å². The maximum atomic E-state index is 12.7. The van der Waals surface area contributed by atoms with Crippen LogP contribution in [0.1, 0.15) is 36.0 Å². The topological polar surface area (TPSA) is 77.2 Å². The van der Waals surface area contributed by atoms with E-state index in [9.17, 15) is 4.79 Å². The second kappa shape index (κ2) is 6.32. The van der Waals surface area contributed by atoms with E-state index in [2.05, 4.69) is 10.3 Å². The highest BCUT2D eigenvalue weighted by atomic mass is 16.5. The summed E-state index contributed by atoms with van der Waals surface area (Å²) in [6.07, 6.45) is 3.80. The normalized spacial score (nSPS) is 21.5. The fraction of sp³-hybridized carbons (Fsp3) is 0.412. The minimum absolute atomic E-state index is 0.0719. The first kappa shape index (κ1) is 14.8. The summed E-state index contributed by atoms with van der Waals surface area (Å²) < 4.78 is 5.21. The molecule has 3 N–H and O–H groups in total. The monoisotopic (exact) mass is 299 g/mol. The van der Waals surface area contributed by atoms with Crippen molar-refractivity contribution < 1.29 is 9.53 Å². The van der Waals surface area contributed by atoms with Gasteiger partial charge in [-0.2, -0.15) is 0 Å². The van der Waals surface area contributed by atoms with Gasteiger partial charge in [0.1, 0.15) is 0 Å². The van der Waals surface area contributed by atoms with Gasteiger partial charge in [-0.1, -0.05) is 18.2 Å². The van der Waals surface area contributed by atoms with E-state index in [1.54, 1.807) is 13.2 Å². The van der Waals surface area contributed by atoms with Crippen LogP contribution in [0.15, 0.2) is 30.3 Å². The van der Waals surface area contributed by atoms with Crippen molar-refractivity contribution in [1.29, 1.82) is 0 Å². The quantitative estimate of drug-likeness (QED) is 0.911. The molecule has 0 bridgehead atoms. The standard InChI is InChI=1S/C17H21N3O2/c1-22-16-10-14(13-4-2-3-5-15(13)20-16)17(21)19-12-8-6-11(18)7-9-12/h2-5,10-12H,6-9,18H2,1H3,(H,19,21)/t11-,12-. The highest BCUT2D eigenvalue weighted by Crippen LogP contribution is 2.23. The van der Waals surface area contributed by atoms with Crippen LogP contribution < -0.4 is 15.8 Å². The molecule has 0 spiro atoms. The Balaban J connectivity index is 1.86. The minimum Gasteiger partial charge on any atom is -0.481 e. The summed E-state index contributed by atoms with van der Waals surface area (Å²) in [7, 11) is 1.56. The fourth-order valence-corrected chi connectivity index (χ4v) is 2.97. The van der Waals surface area contributed by atoms with E-state index >= 15 is 0 Å². The number of amides is 1. The van der Waals surface area contributed by atoms with Gasteiger partial charge in [0.15, 0.2) is 0 Å². The van der Waals surface area contributed by atoms with Crippen LogP contribution in [0.25, 0.3) is 10.9 Å². The number of hydrogen-bond acceptors (Lipinski definition) is 4. The Hall–Kier alpha value is -2.14. The third kappa shape index (κ3) is 3.04. The maximum Gasteiger partial charge on any atom is 0.252 e. The van der Waals surface area contributed by atoms with Gasteiger partial charge in [-0.25, -0.2) is 4.98 Å². The molecule has 1 amide bonds. The molecule has 3 rings (SSSR count). The highest BCUT2D eigenvalue weighted by molar-refractivity contribution is 6.06. The van der Waals surface area contributed by atoms with E-state index < -0.39 is 0 Å². The van der Waals surface area contributed by atoms with E-state index in [-0.39, 0.29) is 18.0 Å². The Labute approximate surface area is 129 Å². The molecular formula is C17H21N3O2. The lowest BCUT2D eigenvalue weighted by Crippen LogP contribution is -2.40. The van der Waals surface area contributed by atoms with Crippen LogP contribution in [-0.2, 0) is 0 Å².